The Morgan fingerprint density at radius 3 is 2.24 bits per heavy atom. The van der Waals surface area contributed by atoms with Gasteiger partial charge in [-0.25, -0.2) is 12.8 Å². The number of likely N-dealkylation sites (N-methyl/N-ethyl adjacent to an activating group) is 1. The van der Waals surface area contributed by atoms with Crippen LogP contribution < -0.4 is 9.62 Å². The van der Waals surface area contributed by atoms with Crippen LogP contribution in [0.3, 0.4) is 0 Å². The highest BCUT2D eigenvalue weighted by Crippen LogP contribution is 2.22. The summed E-state index contributed by atoms with van der Waals surface area (Å²) in [6, 6.07) is 10.8. The van der Waals surface area contributed by atoms with Crippen molar-refractivity contribution < 1.29 is 22.4 Å². The van der Waals surface area contributed by atoms with Gasteiger partial charge in [0.05, 0.1) is 11.9 Å². The number of rotatable bonds is 10. The molecule has 7 nitrogen and oxygen atoms in total. The molecular formula is C24H32FN3O4S. The molecule has 0 aliphatic carbocycles. The molecule has 0 saturated heterocycles. The average molecular weight is 478 g/mol. The van der Waals surface area contributed by atoms with Crippen LogP contribution in [0.4, 0.5) is 10.1 Å². The van der Waals surface area contributed by atoms with Crippen molar-refractivity contribution in [2.75, 3.05) is 24.2 Å². The maximum Gasteiger partial charge on any atom is 0.242 e. The standard InChI is InChI=1S/C24H32FN3O4S/c1-17-13-18(2)15-21(14-17)28(33(5,31)32)12-8-11-23(29)27(19(3)24(30)26-4)16-20-9-6-7-10-22(20)25/h6-7,9-10,13-15,19H,8,11-12,16H2,1-5H3,(H,26,30). The zero-order valence-corrected chi connectivity index (χ0v) is 20.6. The van der Waals surface area contributed by atoms with Crippen molar-refractivity contribution in [2.24, 2.45) is 0 Å². The summed E-state index contributed by atoms with van der Waals surface area (Å²) in [6.45, 7) is 5.40. The molecule has 0 spiro atoms. The monoisotopic (exact) mass is 477 g/mol. The van der Waals surface area contributed by atoms with E-state index in [1.165, 1.54) is 22.3 Å². The fraction of sp³-hybridized carbons (Fsp3) is 0.417. The van der Waals surface area contributed by atoms with Crippen LogP contribution in [-0.2, 0) is 26.2 Å². The lowest BCUT2D eigenvalue weighted by Gasteiger charge is -2.29. The van der Waals surface area contributed by atoms with Gasteiger partial charge >= 0.3 is 0 Å². The number of hydrogen-bond donors (Lipinski definition) is 1. The van der Waals surface area contributed by atoms with Crippen LogP contribution in [-0.4, -0.2) is 51.0 Å². The van der Waals surface area contributed by atoms with Gasteiger partial charge < -0.3 is 10.2 Å². The van der Waals surface area contributed by atoms with Crippen LogP contribution in [0.5, 0.6) is 0 Å². The number of aryl methyl sites for hydroxylation is 2. The normalized spacial score (nSPS) is 12.2. The number of halogens is 1. The summed E-state index contributed by atoms with van der Waals surface area (Å²) >= 11 is 0. The number of carbonyl (C=O) groups is 2. The number of amides is 2. The van der Waals surface area contributed by atoms with Crippen LogP contribution in [0.1, 0.15) is 36.5 Å². The van der Waals surface area contributed by atoms with E-state index in [1.807, 2.05) is 19.9 Å². The molecule has 0 heterocycles. The topological polar surface area (TPSA) is 86.8 Å². The summed E-state index contributed by atoms with van der Waals surface area (Å²) in [5, 5.41) is 2.51. The first-order chi connectivity index (χ1) is 15.4. The second-order valence-electron chi connectivity index (χ2n) is 8.19. The van der Waals surface area contributed by atoms with Gasteiger partial charge in [-0.1, -0.05) is 24.3 Å². The van der Waals surface area contributed by atoms with Crippen LogP contribution in [0, 0.1) is 19.7 Å². The van der Waals surface area contributed by atoms with E-state index in [1.54, 1.807) is 37.3 Å². The minimum Gasteiger partial charge on any atom is -0.357 e. The largest absolute Gasteiger partial charge is 0.357 e. The maximum absolute atomic E-state index is 14.2. The van der Waals surface area contributed by atoms with Crippen molar-refractivity contribution in [3.05, 3.63) is 65.0 Å². The maximum atomic E-state index is 14.2. The molecule has 9 heteroatoms. The highest BCUT2D eigenvalue weighted by molar-refractivity contribution is 7.92. The van der Waals surface area contributed by atoms with Gasteiger partial charge in [-0.05, 0) is 56.5 Å². The van der Waals surface area contributed by atoms with E-state index in [-0.39, 0.29) is 37.7 Å². The molecule has 33 heavy (non-hydrogen) atoms. The van der Waals surface area contributed by atoms with E-state index in [2.05, 4.69) is 5.32 Å². The molecule has 2 amide bonds. The van der Waals surface area contributed by atoms with Gasteiger partial charge in [0.2, 0.25) is 21.8 Å². The molecule has 2 aromatic rings. The van der Waals surface area contributed by atoms with Crippen LogP contribution in [0.2, 0.25) is 0 Å². The first kappa shape index (κ1) is 26.3. The number of sulfonamides is 1. The van der Waals surface area contributed by atoms with Gasteiger partial charge in [-0.15, -0.1) is 0 Å². The Morgan fingerprint density at radius 1 is 1.09 bits per heavy atom. The molecule has 1 unspecified atom stereocenters. The predicted octanol–water partition coefficient (Wildman–Crippen LogP) is 3.15. The Hall–Kier alpha value is -2.94. The number of benzene rings is 2. The third kappa shape index (κ3) is 7.28. The van der Waals surface area contributed by atoms with Crippen LogP contribution in [0.15, 0.2) is 42.5 Å². The zero-order valence-electron chi connectivity index (χ0n) is 19.8. The van der Waals surface area contributed by atoms with Gasteiger partial charge in [0.25, 0.3) is 0 Å². The van der Waals surface area contributed by atoms with E-state index < -0.39 is 21.9 Å². The van der Waals surface area contributed by atoms with Crippen molar-refractivity contribution in [1.29, 1.82) is 0 Å². The van der Waals surface area contributed by atoms with Crippen molar-refractivity contribution in [1.82, 2.24) is 10.2 Å². The molecule has 0 radical (unpaired) electrons. The lowest BCUT2D eigenvalue weighted by molar-refractivity contribution is -0.140. The summed E-state index contributed by atoms with van der Waals surface area (Å²) in [4.78, 5) is 26.6. The summed E-state index contributed by atoms with van der Waals surface area (Å²) in [5.74, 6) is -1.19. The minimum atomic E-state index is -3.56. The summed E-state index contributed by atoms with van der Waals surface area (Å²) < 4.78 is 40.3. The number of hydrogen-bond acceptors (Lipinski definition) is 4. The molecule has 1 N–H and O–H groups in total. The van der Waals surface area contributed by atoms with Crippen LogP contribution >= 0.6 is 0 Å². The van der Waals surface area contributed by atoms with Crippen molar-refractivity contribution in [3.63, 3.8) is 0 Å². The summed E-state index contributed by atoms with van der Waals surface area (Å²) in [7, 11) is -2.09. The first-order valence-electron chi connectivity index (χ1n) is 10.7. The van der Waals surface area contributed by atoms with E-state index in [9.17, 15) is 22.4 Å². The second-order valence-corrected chi connectivity index (χ2v) is 10.1. The van der Waals surface area contributed by atoms with Gasteiger partial charge in [-0.3, -0.25) is 13.9 Å². The molecule has 2 aromatic carbocycles. The molecule has 2 rings (SSSR count). The number of carbonyl (C=O) groups excluding carboxylic acids is 2. The third-order valence-electron chi connectivity index (χ3n) is 5.36. The quantitative estimate of drug-likeness (QED) is 0.570. The Kier molecular flexibility index (Phi) is 8.99. The Labute approximate surface area is 195 Å². The number of anilines is 1. The molecule has 1 atom stereocenters. The SMILES string of the molecule is CNC(=O)C(C)N(Cc1ccccc1F)C(=O)CCCN(c1cc(C)cc(C)c1)S(C)(=O)=O. The van der Waals surface area contributed by atoms with Gasteiger partial charge in [-0.2, -0.15) is 0 Å². The van der Waals surface area contributed by atoms with Crippen molar-refractivity contribution in [2.45, 2.75) is 46.2 Å². The Morgan fingerprint density at radius 2 is 1.70 bits per heavy atom. The Bertz CT molecular complexity index is 1080. The molecule has 0 aliphatic heterocycles. The predicted molar refractivity (Wildman–Crippen MR) is 128 cm³/mol. The molecular weight excluding hydrogens is 445 g/mol. The average Bonchev–Trinajstić information content (AvgIpc) is 2.73. The van der Waals surface area contributed by atoms with E-state index in [0.29, 0.717) is 11.3 Å². The first-order valence-corrected chi connectivity index (χ1v) is 12.6. The lowest BCUT2D eigenvalue weighted by atomic mass is 10.1. The molecule has 0 aliphatic rings. The lowest BCUT2D eigenvalue weighted by Crippen LogP contribution is -2.47. The molecule has 0 fully saturated rings. The summed E-state index contributed by atoms with van der Waals surface area (Å²) in [6.07, 6.45) is 1.38. The highest BCUT2D eigenvalue weighted by atomic mass is 32.2. The minimum absolute atomic E-state index is 0.00655. The van der Waals surface area contributed by atoms with Crippen molar-refractivity contribution in [3.8, 4) is 0 Å². The fourth-order valence-corrected chi connectivity index (χ4v) is 4.65. The van der Waals surface area contributed by atoms with E-state index >= 15 is 0 Å². The van der Waals surface area contributed by atoms with Crippen LogP contribution in [0.25, 0.3) is 0 Å². The van der Waals surface area contributed by atoms with Gasteiger partial charge in [0, 0.05) is 32.1 Å². The highest BCUT2D eigenvalue weighted by Gasteiger charge is 2.26. The molecule has 0 saturated carbocycles. The van der Waals surface area contributed by atoms with E-state index in [4.69, 9.17) is 0 Å². The van der Waals surface area contributed by atoms with E-state index in [0.717, 1.165) is 17.4 Å². The fourth-order valence-electron chi connectivity index (χ4n) is 3.70. The zero-order chi connectivity index (χ0) is 24.8. The second kappa shape index (κ2) is 11.3. The molecule has 0 bridgehead atoms. The number of nitrogens with zero attached hydrogens (tertiary/aromatic N) is 2. The van der Waals surface area contributed by atoms with Crippen molar-refractivity contribution >= 4 is 27.5 Å². The smallest absolute Gasteiger partial charge is 0.242 e. The molecule has 180 valence electrons. The number of nitrogens with one attached hydrogen (secondary N) is 1. The molecule has 0 aromatic heterocycles. The summed E-state index contributed by atoms with van der Waals surface area (Å²) in [5.41, 5.74) is 2.72. The van der Waals surface area contributed by atoms with Gasteiger partial charge in [0.15, 0.2) is 0 Å². The van der Waals surface area contributed by atoms with Gasteiger partial charge in [0.1, 0.15) is 11.9 Å². The Balaban J connectivity index is 2.18. The third-order valence-corrected chi connectivity index (χ3v) is 6.55.